The van der Waals surface area contributed by atoms with Crippen LogP contribution >= 0.6 is 27.5 Å². The van der Waals surface area contributed by atoms with Crippen molar-refractivity contribution >= 4 is 27.5 Å². The number of alkyl halides is 4. The van der Waals surface area contributed by atoms with Gasteiger partial charge in [-0.25, -0.2) is 9.67 Å². The van der Waals surface area contributed by atoms with Gasteiger partial charge in [-0.3, -0.25) is 0 Å². The van der Waals surface area contributed by atoms with Crippen molar-refractivity contribution in [3.05, 3.63) is 40.3 Å². The van der Waals surface area contributed by atoms with Crippen LogP contribution in [0, 0.1) is 11.3 Å². The summed E-state index contributed by atoms with van der Waals surface area (Å²) in [6.07, 6.45) is -2.55. The molecule has 0 aliphatic rings. The Morgan fingerprint density at radius 3 is 2.60 bits per heavy atom. The van der Waals surface area contributed by atoms with E-state index in [1.54, 1.807) is 0 Å². The highest BCUT2D eigenvalue weighted by molar-refractivity contribution is 9.08. The first kappa shape index (κ1) is 14.8. The zero-order valence-corrected chi connectivity index (χ0v) is 12.0. The van der Waals surface area contributed by atoms with Crippen LogP contribution in [0.25, 0.3) is 5.82 Å². The van der Waals surface area contributed by atoms with Crippen molar-refractivity contribution in [3.63, 3.8) is 0 Å². The lowest BCUT2D eigenvalue weighted by Crippen LogP contribution is -2.09. The first-order chi connectivity index (χ1) is 9.38. The molecule has 0 bridgehead atoms. The van der Waals surface area contributed by atoms with E-state index in [1.807, 2.05) is 6.07 Å². The van der Waals surface area contributed by atoms with E-state index in [2.05, 4.69) is 26.0 Å². The Balaban J connectivity index is 2.55. The number of aromatic nitrogens is 3. The van der Waals surface area contributed by atoms with Gasteiger partial charge >= 0.3 is 6.18 Å². The van der Waals surface area contributed by atoms with Crippen molar-refractivity contribution in [2.24, 2.45) is 0 Å². The van der Waals surface area contributed by atoms with E-state index in [-0.39, 0.29) is 16.2 Å². The van der Waals surface area contributed by atoms with Crippen molar-refractivity contribution in [3.8, 4) is 11.9 Å². The molecule has 0 atom stereocenters. The Hall–Kier alpha value is -1.59. The second-order valence-electron chi connectivity index (χ2n) is 3.69. The standard InChI is InChI=1S/C11H5BrClF3N4/c12-2-9-6(3-17)4-19-20(9)10-8(13)1-7(5-18-10)11(14,15)16/h1,4-5H,2H2. The maximum atomic E-state index is 12.5. The number of rotatable bonds is 2. The van der Waals surface area contributed by atoms with Gasteiger partial charge in [0.15, 0.2) is 5.82 Å². The van der Waals surface area contributed by atoms with Crippen LogP contribution in [0.15, 0.2) is 18.5 Å². The summed E-state index contributed by atoms with van der Waals surface area (Å²) in [6.45, 7) is 0. The molecular formula is C11H5BrClF3N4. The van der Waals surface area contributed by atoms with Crippen molar-refractivity contribution in [2.45, 2.75) is 11.5 Å². The number of halogens is 5. The van der Waals surface area contributed by atoms with Crippen molar-refractivity contribution in [1.29, 1.82) is 5.26 Å². The van der Waals surface area contributed by atoms with Crippen LogP contribution in [0.2, 0.25) is 5.02 Å². The number of hydrogen-bond donors (Lipinski definition) is 0. The Morgan fingerprint density at radius 2 is 2.10 bits per heavy atom. The fourth-order valence-electron chi connectivity index (χ4n) is 1.52. The molecule has 2 aromatic rings. The number of hydrogen-bond acceptors (Lipinski definition) is 3. The lowest BCUT2D eigenvalue weighted by molar-refractivity contribution is -0.137. The molecular weight excluding hydrogens is 360 g/mol. The third kappa shape index (κ3) is 2.64. The van der Waals surface area contributed by atoms with Gasteiger partial charge < -0.3 is 0 Å². The van der Waals surface area contributed by atoms with Gasteiger partial charge in [0.1, 0.15) is 6.07 Å². The van der Waals surface area contributed by atoms with Crippen LogP contribution in [-0.2, 0) is 11.5 Å². The molecule has 0 aromatic carbocycles. The van der Waals surface area contributed by atoms with Crippen molar-refractivity contribution in [2.75, 3.05) is 0 Å². The molecule has 0 aliphatic heterocycles. The van der Waals surface area contributed by atoms with E-state index < -0.39 is 11.7 Å². The molecule has 20 heavy (non-hydrogen) atoms. The average Bonchev–Trinajstić information content (AvgIpc) is 2.80. The third-order valence-corrected chi connectivity index (χ3v) is 3.27. The second kappa shape index (κ2) is 5.42. The largest absolute Gasteiger partial charge is 0.417 e. The first-order valence-corrected chi connectivity index (χ1v) is 6.64. The molecule has 0 aliphatic carbocycles. The van der Waals surface area contributed by atoms with Gasteiger partial charge in [0.2, 0.25) is 0 Å². The van der Waals surface area contributed by atoms with Gasteiger partial charge in [0.05, 0.1) is 28.0 Å². The molecule has 0 saturated carbocycles. The third-order valence-electron chi connectivity index (χ3n) is 2.47. The SMILES string of the molecule is N#Cc1cnn(-c2ncc(C(F)(F)F)cc2Cl)c1CBr. The molecule has 0 unspecified atom stereocenters. The van der Waals surface area contributed by atoms with E-state index in [0.29, 0.717) is 17.5 Å². The predicted octanol–water partition coefficient (Wildman–Crippen LogP) is 3.71. The Bertz CT molecular complexity index is 690. The van der Waals surface area contributed by atoms with E-state index in [4.69, 9.17) is 16.9 Å². The van der Waals surface area contributed by atoms with Crippen molar-refractivity contribution < 1.29 is 13.2 Å². The Morgan fingerprint density at radius 1 is 1.40 bits per heavy atom. The van der Waals surface area contributed by atoms with E-state index in [1.165, 1.54) is 10.9 Å². The molecule has 2 aromatic heterocycles. The molecule has 104 valence electrons. The average molecular weight is 366 g/mol. The highest BCUT2D eigenvalue weighted by atomic mass is 79.9. The Labute approximate surface area is 124 Å². The molecule has 0 amide bonds. The fourth-order valence-corrected chi connectivity index (χ4v) is 2.31. The Kier molecular flexibility index (Phi) is 4.01. The minimum atomic E-state index is -4.52. The monoisotopic (exact) mass is 364 g/mol. The maximum Gasteiger partial charge on any atom is 0.417 e. The number of pyridine rings is 1. The normalized spacial score (nSPS) is 11.4. The van der Waals surface area contributed by atoms with Gasteiger partial charge in [-0.2, -0.15) is 23.5 Å². The number of nitriles is 1. The molecule has 0 saturated heterocycles. The fraction of sp³-hybridized carbons (Fsp3) is 0.182. The maximum absolute atomic E-state index is 12.5. The zero-order valence-electron chi connectivity index (χ0n) is 9.62. The molecule has 0 radical (unpaired) electrons. The van der Waals surface area contributed by atoms with Gasteiger partial charge in [-0.05, 0) is 6.07 Å². The summed E-state index contributed by atoms with van der Waals surface area (Å²) >= 11 is 9.01. The smallest absolute Gasteiger partial charge is 0.235 e. The summed E-state index contributed by atoms with van der Waals surface area (Å²) in [4.78, 5) is 3.69. The second-order valence-corrected chi connectivity index (χ2v) is 4.66. The summed E-state index contributed by atoms with van der Waals surface area (Å²) in [7, 11) is 0. The van der Waals surface area contributed by atoms with Gasteiger partial charge in [-0.1, -0.05) is 27.5 Å². The lowest BCUT2D eigenvalue weighted by atomic mass is 10.2. The van der Waals surface area contributed by atoms with Crippen LogP contribution in [0.5, 0.6) is 0 Å². The van der Waals surface area contributed by atoms with E-state index >= 15 is 0 Å². The minimum absolute atomic E-state index is 0.0376. The van der Waals surface area contributed by atoms with Crippen LogP contribution in [0.4, 0.5) is 13.2 Å². The predicted molar refractivity (Wildman–Crippen MR) is 68.7 cm³/mol. The van der Waals surface area contributed by atoms with Crippen LogP contribution in [0.1, 0.15) is 16.8 Å². The van der Waals surface area contributed by atoms with Gasteiger partial charge in [-0.15, -0.1) is 0 Å². The molecule has 4 nitrogen and oxygen atoms in total. The molecule has 0 N–H and O–H groups in total. The van der Waals surface area contributed by atoms with Crippen molar-refractivity contribution in [1.82, 2.24) is 14.8 Å². The lowest BCUT2D eigenvalue weighted by Gasteiger charge is -2.10. The van der Waals surface area contributed by atoms with E-state index in [0.717, 1.165) is 6.07 Å². The summed E-state index contributed by atoms with van der Waals surface area (Å²) < 4.78 is 38.8. The highest BCUT2D eigenvalue weighted by Gasteiger charge is 2.32. The quantitative estimate of drug-likeness (QED) is 0.763. The van der Waals surface area contributed by atoms with Crippen LogP contribution in [0.3, 0.4) is 0 Å². The molecule has 0 spiro atoms. The molecule has 0 fully saturated rings. The number of nitrogens with zero attached hydrogens (tertiary/aromatic N) is 4. The summed E-state index contributed by atoms with van der Waals surface area (Å²) in [5.41, 5.74) is -0.194. The molecule has 9 heteroatoms. The topological polar surface area (TPSA) is 54.5 Å². The zero-order chi connectivity index (χ0) is 14.9. The first-order valence-electron chi connectivity index (χ1n) is 5.14. The summed E-state index contributed by atoms with van der Waals surface area (Å²) in [6, 6.07) is 2.70. The van der Waals surface area contributed by atoms with E-state index in [9.17, 15) is 13.2 Å². The summed E-state index contributed by atoms with van der Waals surface area (Å²) in [5.74, 6) is 0.0376. The molecule has 2 heterocycles. The highest BCUT2D eigenvalue weighted by Crippen LogP contribution is 2.32. The molecule has 2 rings (SSSR count). The van der Waals surface area contributed by atoms with Crippen LogP contribution in [-0.4, -0.2) is 14.8 Å². The summed E-state index contributed by atoms with van der Waals surface area (Å²) in [5, 5.41) is 12.9. The van der Waals surface area contributed by atoms with Gasteiger partial charge in [0.25, 0.3) is 0 Å². The van der Waals surface area contributed by atoms with Crippen LogP contribution < -0.4 is 0 Å². The minimum Gasteiger partial charge on any atom is -0.235 e. The van der Waals surface area contributed by atoms with Gasteiger partial charge in [0, 0.05) is 11.5 Å².